The van der Waals surface area contributed by atoms with Gasteiger partial charge in [-0.15, -0.1) is 23.5 Å². The molecule has 9 aromatic rings. The fourth-order valence-electron chi connectivity index (χ4n) is 8.36. The number of fused-ring (bicyclic) bond motifs is 6. The standard InChI is InChI=1S/C56H49NS2/c1-55(2,3)58-44-31-33-46-50(35-44)51-36-45(59-56(4,5)6)32-34-47(51)54-52(40-21-13-8-14-22-40)48(38-19-11-7-12-20-38)37-49(53(46)54)39-27-29-43(30-28-39)57(41-23-15-9-16-24-41)42-25-17-10-18-26-42/h7-37H,1-6H3. The maximum atomic E-state index is 2.47. The molecule has 0 fully saturated rings. The van der Waals surface area contributed by atoms with Gasteiger partial charge in [-0.1, -0.05) is 163 Å². The molecular weight excluding hydrogens is 751 g/mol. The number of thioether (sulfide) groups is 2. The third kappa shape index (κ3) is 8.02. The van der Waals surface area contributed by atoms with E-state index in [1.165, 1.54) is 75.5 Å². The molecule has 0 amide bonds. The van der Waals surface area contributed by atoms with Crippen molar-refractivity contribution in [2.24, 2.45) is 0 Å². The molecule has 9 aromatic carbocycles. The molecule has 0 spiro atoms. The van der Waals surface area contributed by atoms with Crippen molar-refractivity contribution in [2.45, 2.75) is 60.8 Å². The van der Waals surface area contributed by atoms with Gasteiger partial charge in [0.25, 0.3) is 0 Å². The molecule has 0 saturated carbocycles. The Morgan fingerprint density at radius 1 is 0.339 bits per heavy atom. The van der Waals surface area contributed by atoms with E-state index >= 15 is 0 Å². The van der Waals surface area contributed by atoms with Gasteiger partial charge in [0.15, 0.2) is 0 Å². The lowest BCUT2D eigenvalue weighted by atomic mass is 9.81. The first-order valence-electron chi connectivity index (χ1n) is 20.5. The van der Waals surface area contributed by atoms with Gasteiger partial charge in [0.1, 0.15) is 0 Å². The summed E-state index contributed by atoms with van der Waals surface area (Å²) in [5, 5.41) is 7.71. The molecule has 1 nitrogen and oxygen atoms in total. The zero-order chi connectivity index (χ0) is 40.7. The van der Waals surface area contributed by atoms with Crippen LogP contribution in [0.25, 0.3) is 65.7 Å². The maximum absolute atomic E-state index is 2.47. The molecule has 0 unspecified atom stereocenters. The van der Waals surface area contributed by atoms with E-state index in [-0.39, 0.29) is 9.49 Å². The van der Waals surface area contributed by atoms with Gasteiger partial charge < -0.3 is 4.90 Å². The first-order valence-corrected chi connectivity index (χ1v) is 22.1. The topological polar surface area (TPSA) is 3.24 Å². The molecule has 290 valence electrons. The van der Waals surface area contributed by atoms with E-state index in [0.29, 0.717) is 0 Å². The molecule has 0 atom stereocenters. The highest BCUT2D eigenvalue weighted by Crippen LogP contribution is 2.51. The van der Waals surface area contributed by atoms with Crippen molar-refractivity contribution in [2.75, 3.05) is 4.90 Å². The second-order valence-electron chi connectivity index (χ2n) is 17.2. The molecular formula is C56H49NS2. The maximum Gasteiger partial charge on any atom is 0.0462 e. The lowest BCUT2D eigenvalue weighted by molar-refractivity contribution is 0.802. The number of nitrogens with zero attached hydrogens (tertiary/aromatic N) is 1. The molecule has 0 aliphatic rings. The quantitative estimate of drug-likeness (QED) is 0.111. The molecule has 9 rings (SSSR count). The summed E-state index contributed by atoms with van der Waals surface area (Å²) in [4.78, 5) is 4.91. The lowest BCUT2D eigenvalue weighted by Gasteiger charge is -2.26. The van der Waals surface area contributed by atoms with E-state index in [1.807, 2.05) is 23.5 Å². The van der Waals surface area contributed by atoms with Gasteiger partial charge in [0, 0.05) is 36.3 Å². The molecule has 0 aromatic heterocycles. The first kappa shape index (κ1) is 38.8. The Labute approximate surface area is 358 Å². The fourth-order valence-corrected chi connectivity index (χ4v) is 10.4. The predicted molar refractivity (Wildman–Crippen MR) is 261 cm³/mol. The van der Waals surface area contributed by atoms with E-state index < -0.39 is 0 Å². The van der Waals surface area contributed by atoms with Crippen LogP contribution < -0.4 is 4.90 Å². The van der Waals surface area contributed by atoms with Gasteiger partial charge in [-0.05, 0) is 132 Å². The molecule has 0 heterocycles. The average molecular weight is 800 g/mol. The molecule has 0 aliphatic carbocycles. The van der Waals surface area contributed by atoms with Crippen molar-refractivity contribution >= 4 is 72.9 Å². The molecule has 0 aliphatic heterocycles. The Balaban J connectivity index is 1.39. The SMILES string of the molecule is CC(C)(C)Sc1ccc2c(c1)c1cc(SC(C)(C)C)ccc1c1c(-c3ccccc3)c(-c3ccccc3)cc(-c3ccc(N(c4ccccc4)c4ccccc4)cc3)c21. The van der Waals surface area contributed by atoms with Crippen LogP contribution in [0.5, 0.6) is 0 Å². The second-order valence-corrected chi connectivity index (χ2v) is 21.0. The summed E-state index contributed by atoms with van der Waals surface area (Å²) >= 11 is 3.87. The summed E-state index contributed by atoms with van der Waals surface area (Å²) in [5.41, 5.74) is 10.7. The number of hydrogen-bond acceptors (Lipinski definition) is 3. The van der Waals surface area contributed by atoms with Crippen molar-refractivity contribution in [3.8, 4) is 33.4 Å². The molecule has 0 N–H and O–H groups in total. The molecule has 3 heteroatoms. The smallest absolute Gasteiger partial charge is 0.0462 e. The van der Waals surface area contributed by atoms with Crippen LogP contribution >= 0.6 is 23.5 Å². The number of para-hydroxylation sites is 2. The third-order valence-corrected chi connectivity index (χ3v) is 12.8. The average Bonchev–Trinajstić information content (AvgIpc) is 3.24. The van der Waals surface area contributed by atoms with Crippen LogP contribution in [-0.4, -0.2) is 9.49 Å². The largest absolute Gasteiger partial charge is 0.311 e. The van der Waals surface area contributed by atoms with Crippen LogP contribution in [0.2, 0.25) is 0 Å². The fraction of sp³-hybridized carbons (Fsp3) is 0.143. The zero-order valence-corrected chi connectivity index (χ0v) is 36.3. The highest BCUT2D eigenvalue weighted by atomic mass is 32.2. The van der Waals surface area contributed by atoms with E-state index in [4.69, 9.17) is 0 Å². The van der Waals surface area contributed by atoms with Gasteiger partial charge in [0.05, 0.1) is 0 Å². The number of hydrogen-bond donors (Lipinski definition) is 0. The Morgan fingerprint density at radius 2 is 0.746 bits per heavy atom. The van der Waals surface area contributed by atoms with Crippen LogP contribution in [0.15, 0.2) is 198 Å². The summed E-state index contributed by atoms with van der Waals surface area (Å²) in [6.07, 6.45) is 0. The summed E-state index contributed by atoms with van der Waals surface area (Å²) < 4.78 is 0.165. The van der Waals surface area contributed by atoms with E-state index in [1.54, 1.807) is 0 Å². The van der Waals surface area contributed by atoms with Crippen molar-refractivity contribution in [3.63, 3.8) is 0 Å². The van der Waals surface area contributed by atoms with E-state index in [2.05, 4.69) is 234 Å². The summed E-state index contributed by atoms with van der Waals surface area (Å²) in [5.74, 6) is 0. The molecule has 0 bridgehead atoms. The van der Waals surface area contributed by atoms with Crippen LogP contribution in [0.1, 0.15) is 41.5 Å². The second kappa shape index (κ2) is 15.8. The Kier molecular flexibility index (Phi) is 10.4. The minimum absolute atomic E-state index is 0.0823. The van der Waals surface area contributed by atoms with Crippen LogP contribution in [0.3, 0.4) is 0 Å². The lowest BCUT2D eigenvalue weighted by Crippen LogP contribution is -2.09. The zero-order valence-electron chi connectivity index (χ0n) is 34.7. The third-order valence-electron chi connectivity index (χ3n) is 10.6. The Hall–Kier alpha value is -5.74. The van der Waals surface area contributed by atoms with Gasteiger partial charge in [-0.2, -0.15) is 0 Å². The monoisotopic (exact) mass is 799 g/mol. The minimum atomic E-state index is 0.0823. The normalized spacial score (nSPS) is 12.0. The van der Waals surface area contributed by atoms with E-state index in [0.717, 1.165) is 17.1 Å². The summed E-state index contributed by atoms with van der Waals surface area (Å²) in [7, 11) is 0. The molecule has 0 saturated heterocycles. The van der Waals surface area contributed by atoms with Gasteiger partial charge >= 0.3 is 0 Å². The molecule has 0 radical (unpaired) electrons. The van der Waals surface area contributed by atoms with Gasteiger partial charge in [-0.25, -0.2) is 0 Å². The number of benzene rings is 9. The predicted octanol–water partition coefficient (Wildman–Crippen LogP) is 17.4. The minimum Gasteiger partial charge on any atom is -0.311 e. The summed E-state index contributed by atoms with van der Waals surface area (Å²) in [6.45, 7) is 13.8. The number of rotatable bonds is 8. The Morgan fingerprint density at radius 3 is 1.22 bits per heavy atom. The van der Waals surface area contributed by atoms with Crippen LogP contribution in [0, 0.1) is 0 Å². The highest BCUT2D eigenvalue weighted by Gasteiger charge is 2.24. The molecule has 59 heavy (non-hydrogen) atoms. The van der Waals surface area contributed by atoms with Crippen molar-refractivity contribution in [1.29, 1.82) is 0 Å². The first-order chi connectivity index (χ1) is 28.5. The van der Waals surface area contributed by atoms with Crippen molar-refractivity contribution < 1.29 is 0 Å². The highest BCUT2D eigenvalue weighted by molar-refractivity contribution is 8.00. The van der Waals surface area contributed by atoms with Crippen molar-refractivity contribution in [1.82, 2.24) is 0 Å². The van der Waals surface area contributed by atoms with Crippen molar-refractivity contribution in [3.05, 3.63) is 188 Å². The van der Waals surface area contributed by atoms with Crippen LogP contribution in [-0.2, 0) is 0 Å². The van der Waals surface area contributed by atoms with Gasteiger partial charge in [0.2, 0.25) is 0 Å². The van der Waals surface area contributed by atoms with Gasteiger partial charge in [-0.3, -0.25) is 0 Å². The number of anilines is 3. The Bertz CT molecular complexity index is 2870. The van der Waals surface area contributed by atoms with Crippen LogP contribution in [0.4, 0.5) is 17.1 Å². The van der Waals surface area contributed by atoms with E-state index in [9.17, 15) is 0 Å². The summed E-state index contributed by atoms with van der Waals surface area (Å²) in [6, 6.07) is 69.4.